The van der Waals surface area contributed by atoms with Crippen LogP contribution in [0.15, 0.2) is 0 Å². The molecule has 0 aromatic rings. The molecule has 0 bridgehead atoms. The van der Waals surface area contributed by atoms with Gasteiger partial charge in [0.15, 0.2) is 0 Å². The summed E-state index contributed by atoms with van der Waals surface area (Å²) >= 11 is 0. The average Bonchev–Trinajstić information content (AvgIpc) is 2.29. The summed E-state index contributed by atoms with van der Waals surface area (Å²) in [7, 11) is 0. The van der Waals surface area contributed by atoms with Crippen molar-refractivity contribution in [1.29, 1.82) is 0 Å². The molecule has 1 rings (SSSR count). The minimum Gasteiger partial charge on any atom is -0.481 e. The van der Waals surface area contributed by atoms with Crippen LogP contribution in [0.5, 0.6) is 0 Å². The molecule has 0 aromatic heterocycles. The summed E-state index contributed by atoms with van der Waals surface area (Å²) in [5.74, 6) is -3.75. The van der Waals surface area contributed by atoms with Crippen LogP contribution in [0.25, 0.3) is 0 Å². The second kappa shape index (κ2) is 7.95. The largest absolute Gasteiger partial charge is 0.490 e. The van der Waals surface area contributed by atoms with E-state index >= 15 is 0 Å². The quantitative estimate of drug-likeness (QED) is 0.793. The zero-order valence-corrected chi connectivity index (χ0v) is 10.3. The van der Waals surface area contributed by atoms with Gasteiger partial charge in [0.25, 0.3) is 0 Å². The Balaban J connectivity index is 0.000000399. The normalized spacial score (nSPS) is 18.1. The van der Waals surface area contributed by atoms with Crippen molar-refractivity contribution >= 4 is 11.9 Å². The fourth-order valence-electron chi connectivity index (χ4n) is 1.25. The number of hydrogen-bond acceptors (Lipinski definition) is 4. The summed E-state index contributed by atoms with van der Waals surface area (Å²) in [6, 6.07) is 0. The number of halogens is 3. The van der Waals surface area contributed by atoms with Crippen LogP contribution in [0.2, 0.25) is 0 Å². The Morgan fingerprint density at radius 2 is 1.68 bits per heavy atom. The Kier molecular flexibility index (Phi) is 7.38. The molecule has 0 spiro atoms. The Morgan fingerprint density at radius 3 is 2.00 bits per heavy atom. The molecule has 1 aliphatic rings. The molecule has 9 heteroatoms. The maximum atomic E-state index is 10.6. The SMILES string of the molecule is CC(CN1CCOCC1)C(=O)O.O=C(O)C(F)(F)F. The molecule has 2 N–H and O–H groups in total. The van der Waals surface area contributed by atoms with E-state index in [1.165, 1.54) is 0 Å². The lowest BCUT2D eigenvalue weighted by atomic mass is 10.1. The minimum absolute atomic E-state index is 0.275. The van der Waals surface area contributed by atoms with E-state index in [1.54, 1.807) is 6.92 Å². The predicted molar refractivity (Wildman–Crippen MR) is 57.7 cm³/mol. The van der Waals surface area contributed by atoms with Crippen LogP contribution in [0.3, 0.4) is 0 Å². The van der Waals surface area contributed by atoms with Crippen LogP contribution in [-0.2, 0) is 14.3 Å². The van der Waals surface area contributed by atoms with E-state index in [1.807, 2.05) is 0 Å². The van der Waals surface area contributed by atoms with Crippen molar-refractivity contribution in [3.05, 3.63) is 0 Å². The molecule has 1 saturated heterocycles. The third-order valence-corrected chi connectivity index (χ3v) is 2.30. The number of hydrogen-bond donors (Lipinski definition) is 2. The van der Waals surface area contributed by atoms with Gasteiger partial charge in [0.05, 0.1) is 19.1 Å². The lowest BCUT2D eigenvalue weighted by Gasteiger charge is -2.27. The predicted octanol–water partition coefficient (Wildman–Crippen LogP) is 0.673. The van der Waals surface area contributed by atoms with Gasteiger partial charge in [-0.15, -0.1) is 0 Å². The Morgan fingerprint density at radius 1 is 1.26 bits per heavy atom. The van der Waals surface area contributed by atoms with E-state index in [2.05, 4.69) is 4.90 Å². The van der Waals surface area contributed by atoms with E-state index in [4.69, 9.17) is 19.7 Å². The van der Waals surface area contributed by atoms with Crippen LogP contribution in [0, 0.1) is 5.92 Å². The van der Waals surface area contributed by atoms with E-state index in [-0.39, 0.29) is 5.92 Å². The first-order valence-electron chi connectivity index (χ1n) is 5.47. The lowest BCUT2D eigenvalue weighted by molar-refractivity contribution is -0.192. The third kappa shape index (κ3) is 8.38. The van der Waals surface area contributed by atoms with Gasteiger partial charge in [0.1, 0.15) is 0 Å². The number of carbonyl (C=O) groups is 2. The monoisotopic (exact) mass is 287 g/mol. The highest BCUT2D eigenvalue weighted by atomic mass is 19.4. The van der Waals surface area contributed by atoms with Crippen LogP contribution in [0.1, 0.15) is 6.92 Å². The van der Waals surface area contributed by atoms with Crippen molar-refractivity contribution in [1.82, 2.24) is 4.90 Å². The molecule has 0 radical (unpaired) electrons. The molecular weight excluding hydrogens is 271 g/mol. The number of aliphatic carboxylic acids is 2. The first kappa shape index (κ1) is 17.6. The molecule has 1 atom stereocenters. The minimum atomic E-state index is -5.08. The van der Waals surface area contributed by atoms with Crippen LogP contribution < -0.4 is 0 Å². The molecule has 1 unspecified atom stereocenters. The molecule has 112 valence electrons. The first-order chi connectivity index (χ1) is 8.64. The Bertz CT molecular complexity index is 302. The molecule has 1 heterocycles. The highest BCUT2D eigenvalue weighted by molar-refractivity contribution is 5.73. The zero-order valence-electron chi connectivity index (χ0n) is 10.3. The van der Waals surface area contributed by atoms with E-state index in [0.29, 0.717) is 6.54 Å². The summed E-state index contributed by atoms with van der Waals surface area (Å²) in [5.41, 5.74) is 0. The van der Waals surface area contributed by atoms with Crippen molar-refractivity contribution in [2.24, 2.45) is 5.92 Å². The van der Waals surface area contributed by atoms with Gasteiger partial charge in [-0.25, -0.2) is 4.79 Å². The van der Waals surface area contributed by atoms with E-state index < -0.39 is 18.1 Å². The summed E-state index contributed by atoms with van der Waals surface area (Å²) in [5, 5.41) is 15.8. The fraction of sp³-hybridized carbons (Fsp3) is 0.800. The number of ether oxygens (including phenoxy) is 1. The summed E-state index contributed by atoms with van der Waals surface area (Å²) in [6.45, 7) is 5.55. The second-order valence-corrected chi connectivity index (χ2v) is 3.96. The van der Waals surface area contributed by atoms with Crippen molar-refractivity contribution < 1.29 is 37.7 Å². The summed E-state index contributed by atoms with van der Waals surface area (Å²) < 4.78 is 36.9. The van der Waals surface area contributed by atoms with Gasteiger partial charge in [-0.05, 0) is 0 Å². The molecule has 0 amide bonds. The van der Waals surface area contributed by atoms with Crippen molar-refractivity contribution in [2.75, 3.05) is 32.8 Å². The number of rotatable bonds is 3. The molecule has 0 aromatic carbocycles. The number of carboxylic acid groups (broad SMARTS) is 2. The van der Waals surface area contributed by atoms with E-state index in [0.717, 1.165) is 26.3 Å². The van der Waals surface area contributed by atoms with Crippen molar-refractivity contribution in [3.8, 4) is 0 Å². The maximum absolute atomic E-state index is 10.6. The number of morpholine rings is 1. The summed E-state index contributed by atoms with van der Waals surface area (Å²) in [6.07, 6.45) is -5.08. The molecular formula is C10H16F3NO5. The number of carboxylic acids is 2. The number of alkyl halides is 3. The Labute approximate surface area is 107 Å². The average molecular weight is 287 g/mol. The highest BCUT2D eigenvalue weighted by Crippen LogP contribution is 2.13. The van der Waals surface area contributed by atoms with Crippen LogP contribution >= 0.6 is 0 Å². The fourth-order valence-corrected chi connectivity index (χ4v) is 1.25. The smallest absolute Gasteiger partial charge is 0.481 e. The second-order valence-electron chi connectivity index (χ2n) is 3.96. The lowest BCUT2D eigenvalue weighted by Crippen LogP contribution is -2.40. The van der Waals surface area contributed by atoms with Gasteiger partial charge < -0.3 is 14.9 Å². The first-order valence-corrected chi connectivity index (χ1v) is 5.47. The topological polar surface area (TPSA) is 87.1 Å². The summed E-state index contributed by atoms with van der Waals surface area (Å²) in [4.78, 5) is 21.5. The molecule has 6 nitrogen and oxygen atoms in total. The van der Waals surface area contributed by atoms with Gasteiger partial charge in [-0.2, -0.15) is 13.2 Å². The molecule has 1 fully saturated rings. The zero-order chi connectivity index (χ0) is 15.1. The van der Waals surface area contributed by atoms with Crippen LogP contribution in [-0.4, -0.2) is 66.1 Å². The van der Waals surface area contributed by atoms with Gasteiger partial charge >= 0.3 is 18.1 Å². The number of nitrogens with zero attached hydrogens (tertiary/aromatic N) is 1. The Hall–Kier alpha value is -1.35. The molecule has 19 heavy (non-hydrogen) atoms. The third-order valence-electron chi connectivity index (χ3n) is 2.30. The molecule has 0 saturated carbocycles. The van der Waals surface area contributed by atoms with E-state index in [9.17, 15) is 18.0 Å². The maximum Gasteiger partial charge on any atom is 0.490 e. The van der Waals surface area contributed by atoms with Crippen molar-refractivity contribution in [2.45, 2.75) is 13.1 Å². The standard InChI is InChI=1S/C8H15NO3.C2HF3O2/c1-7(8(10)11)6-9-2-4-12-5-3-9;3-2(4,5)1(6)7/h7H,2-6H2,1H3,(H,10,11);(H,6,7). The van der Waals surface area contributed by atoms with Gasteiger partial charge in [-0.1, -0.05) is 6.92 Å². The van der Waals surface area contributed by atoms with Gasteiger partial charge in [0.2, 0.25) is 0 Å². The molecule has 1 aliphatic heterocycles. The van der Waals surface area contributed by atoms with Gasteiger partial charge in [0, 0.05) is 19.6 Å². The van der Waals surface area contributed by atoms with Gasteiger partial charge in [-0.3, -0.25) is 9.69 Å². The molecule has 0 aliphatic carbocycles. The highest BCUT2D eigenvalue weighted by Gasteiger charge is 2.38. The van der Waals surface area contributed by atoms with Crippen LogP contribution in [0.4, 0.5) is 13.2 Å². The van der Waals surface area contributed by atoms with Crippen molar-refractivity contribution in [3.63, 3.8) is 0 Å².